The summed E-state index contributed by atoms with van der Waals surface area (Å²) in [6.07, 6.45) is 1.95. The number of carbonyl (C=O) groups excluding carboxylic acids is 2. The van der Waals surface area contributed by atoms with Crippen LogP contribution in [0.25, 0.3) is 11.4 Å². The predicted molar refractivity (Wildman–Crippen MR) is 122 cm³/mol. The van der Waals surface area contributed by atoms with Gasteiger partial charge in [-0.1, -0.05) is 42.0 Å². The number of carbonyl (C=O) groups is 2. The van der Waals surface area contributed by atoms with Gasteiger partial charge in [0.15, 0.2) is 10.6 Å². The monoisotopic (exact) mass is 441 g/mol. The molecule has 0 aliphatic heterocycles. The molecule has 2 amide bonds. The Bertz CT molecular complexity index is 1110. The first-order valence-corrected chi connectivity index (χ1v) is 10.9. The highest BCUT2D eigenvalue weighted by atomic mass is 32.2. The molecule has 156 valence electrons. The molecule has 0 atom stereocenters. The molecule has 0 saturated carbocycles. The minimum Gasteiger partial charge on any atom is -0.335 e. The number of aryl methyl sites for hydroxylation is 1. The van der Waals surface area contributed by atoms with E-state index < -0.39 is 0 Å². The Morgan fingerprint density at radius 3 is 2.60 bits per heavy atom. The lowest BCUT2D eigenvalue weighted by Gasteiger charge is -2.18. The molecule has 30 heavy (non-hydrogen) atoms. The van der Waals surface area contributed by atoms with Gasteiger partial charge in [-0.25, -0.2) is 0 Å². The number of hydrogen-bond acceptors (Lipinski definition) is 5. The molecule has 1 aromatic heterocycles. The molecule has 3 rings (SSSR count). The molecule has 0 bridgehead atoms. The highest BCUT2D eigenvalue weighted by molar-refractivity contribution is 7.98. The van der Waals surface area contributed by atoms with E-state index in [9.17, 15) is 9.59 Å². The maximum Gasteiger partial charge on any atom is 0.244 e. The molecular formula is C21H23N5O2S2. The fourth-order valence-electron chi connectivity index (χ4n) is 2.88. The SMILES string of the molecule is CSc1ccccc1NC(=O)CN(C)C(=O)Cn1c(-c2ccc(C)cc2)n[nH]c1=S. The molecule has 0 saturated heterocycles. The van der Waals surface area contributed by atoms with Crippen molar-refractivity contribution in [1.82, 2.24) is 19.7 Å². The van der Waals surface area contributed by atoms with Crippen molar-refractivity contribution >= 4 is 41.5 Å². The topological polar surface area (TPSA) is 83.0 Å². The summed E-state index contributed by atoms with van der Waals surface area (Å²) < 4.78 is 1.99. The van der Waals surface area contributed by atoms with E-state index in [-0.39, 0.29) is 24.9 Å². The summed E-state index contributed by atoms with van der Waals surface area (Å²) in [6.45, 7) is 1.93. The van der Waals surface area contributed by atoms with Gasteiger partial charge in [-0.05, 0) is 37.5 Å². The Morgan fingerprint density at radius 2 is 1.90 bits per heavy atom. The zero-order valence-corrected chi connectivity index (χ0v) is 18.6. The summed E-state index contributed by atoms with van der Waals surface area (Å²) in [4.78, 5) is 27.5. The molecule has 7 nitrogen and oxygen atoms in total. The quantitative estimate of drug-likeness (QED) is 0.431. The maximum absolute atomic E-state index is 12.7. The number of likely N-dealkylation sites (N-methyl/N-ethyl adjacent to an activating group) is 1. The lowest BCUT2D eigenvalue weighted by atomic mass is 10.1. The lowest BCUT2D eigenvalue weighted by Crippen LogP contribution is -2.37. The largest absolute Gasteiger partial charge is 0.335 e. The zero-order chi connectivity index (χ0) is 21.7. The van der Waals surface area contributed by atoms with E-state index in [0.717, 1.165) is 21.7 Å². The van der Waals surface area contributed by atoms with Gasteiger partial charge in [0.05, 0.1) is 12.2 Å². The second-order valence-corrected chi connectivity index (χ2v) is 8.04. The van der Waals surface area contributed by atoms with Crippen LogP contribution in [-0.4, -0.2) is 51.3 Å². The maximum atomic E-state index is 12.7. The normalized spacial score (nSPS) is 10.6. The van der Waals surface area contributed by atoms with Crippen LogP contribution in [0.5, 0.6) is 0 Å². The number of rotatable bonds is 7. The van der Waals surface area contributed by atoms with E-state index in [1.165, 1.54) is 4.90 Å². The van der Waals surface area contributed by atoms with E-state index in [4.69, 9.17) is 12.2 Å². The first kappa shape index (κ1) is 21.8. The number of anilines is 1. The Hall–Kier alpha value is -2.91. The minimum absolute atomic E-state index is 0.0102. The number of H-pyrrole nitrogens is 1. The van der Waals surface area contributed by atoms with E-state index in [1.807, 2.05) is 61.7 Å². The second-order valence-electron chi connectivity index (χ2n) is 6.80. The number of thioether (sulfide) groups is 1. The summed E-state index contributed by atoms with van der Waals surface area (Å²) >= 11 is 6.85. The predicted octanol–water partition coefficient (Wildman–Crippen LogP) is 3.74. The van der Waals surface area contributed by atoms with E-state index in [2.05, 4.69) is 15.5 Å². The molecule has 2 N–H and O–H groups in total. The van der Waals surface area contributed by atoms with Gasteiger partial charge in [-0.3, -0.25) is 19.3 Å². The van der Waals surface area contributed by atoms with Crippen LogP contribution in [0.1, 0.15) is 5.56 Å². The molecule has 3 aromatic rings. The van der Waals surface area contributed by atoms with Crippen molar-refractivity contribution in [3.05, 3.63) is 58.9 Å². The number of nitrogens with zero attached hydrogens (tertiary/aromatic N) is 3. The third-order valence-corrected chi connectivity index (χ3v) is 5.66. The third kappa shape index (κ3) is 5.17. The number of hydrogen-bond donors (Lipinski definition) is 2. The summed E-state index contributed by atoms with van der Waals surface area (Å²) in [5, 5.41) is 9.86. The van der Waals surface area contributed by atoms with Gasteiger partial charge in [0.2, 0.25) is 11.8 Å². The van der Waals surface area contributed by atoms with Gasteiger partial charge in [-0.15, -0.1) is 11.8 Å². The molecule has 0 unspecified atom stereocenters. The third-order valence-electron chi connectivity index (χ3n) is 4.55. The van der Waals surface area contributed by atoms with Gasteiger partial charge in [-0.2, -0.15) is 5.10 Å². The molecular weight excluding hydrogens is 418 g/mol. The van der Waals surface area contributed by atoms with Crippen LogP contribution < -0.4 is 5.32 Å². The average Bonchev–Trinajstić information content (AvgIpc) is 3.09. The Morgan fingerprint density at radius 1 is 1.20 bits per heavy atom. The van der Waals surface area contributed by atoms with Crippen LogP contribution in [0.3, 0.4) is 0 Å². The number of aromatic amines is 1. The van der Waals surface area contributed by atoms with E-state index in [1.54, 1.807) is 23.4 Å². The molecule has 9 heteroatoms. The molecule has 0 radical (unpaired) electrons. The average molecular weight is 442 g/mol. The van der Waals surface area contributed by atoms with Crippen molar-refractivity contribution in [2.24, 2.45) is 0 Å². The fraction of sp³-hybridized carbons (Fsp3) is 0.238. The minimum atomic E-state index is -0.262. The summed E-state index contributed by atoms with van der Waals surface area (Å²) in [7, 11) is 1.59. The van der Waals surface area contributed by atoms with Crippen LogP contribution in [-0.2, 0) is 16.1 Å². The Balaban J connectivity index is 1.67. The highest BCUT2D eigenvalue weighted by Gasteiger charge is 2.18. The molecule has 2 aromatic carbocycles. The van der Waals surface area contributed by atoms with Crippen LogP contribution in [0.15, 0.2) is 53.4 Å². The second kappa shape index (κ2) is 9.73. The number of nitrogens with one attached hydrogen (secondary N) is 2. The smallest absolute Gasteiger partial charge is 0.244 e. The van der Waals surface area contributed by atoms with Crippen LogP contribution in [0.2, 0.25) is 0 Å². The van der Waals surface area contributed by atoms with Gasteiger partial charge in [0.25, 0.3) is 0 Å². The van der Waals surface area contributed by atoms with Crippen molar-refractivity contribution in [1.29, 1.82) is 0 Å². The molecule has 1 heterocycles. The van der Waals surface area contributed by atoms with E-state index in [0.29, 0.717) is 10.6 Å². The van der Waals surface area contributed by atoms with Gasteiger partial charge in [0.1, 0.15) is 6.54 Å². The summed E-state index contributed by atoms with van der Waals surface area (Å²) in [6, 6.07) is 15.4. The van der Waals surface area contributed by atoms with Gasteiger partial charge in [0, 0.05) is 17.5 Å². The molecule has 0 aliphatic rings. The molecule has 0 fully saturated rings. The number of amides is 2. The number of aromatic nitrogens is 3. The van der Waals surface area contributed by atoms with Crippen LogP contribution in [0, 0.1) is 11.7 Å². The highest BCUT2D eigenvalue weighted by Crippen LogP contribution is 2.24. The standard InChI is InChI=1S/C21H23N5O2S2/c1-14-8-10-15(11-9-14)20-23-24-21(29)26(20)13-19(28)25(2)12-18(27)22-16-6-4-5-7-17(16)30-3/h4-11H,12-13H2,1-3H3,(H,22,27)(H,24,29). The number of para-hydroxylation sites is 1. The first-order valence-electron chi connectivity index (χ1n) is 9.28. The van der Waals surface area contributed by atoms with Crippen LogP contribution >= 0.6 is 24.0 Å². The van der Waals surface area contributed by atoms with Crippen molar-refractivity contribution in [3.8, 4) is 11.4 Å². The summed E-state index contributed by atoms with van der Waals surface area (Å²) in [5.74, 6) is 0.0798. The first-order chi connectivity index (χ1) is 14.4. The molecule has 0 spiro atoms. The lowest BCUT2D eigenvalue weighted by molar-refractivity contribution is -0.133. The van der Waals surface area contributed by atoms with Crippen molar-refractivity contribution in [3.63, 3.8) is 0 Å². The number of benzene rings is 2. The van der Waals surface area contributed by atoms with Crippen molar-refractivity contribution in [2.45, 2.75) is 18.4 Å². The zero-order valence-electron chi connectivity index (χ0n) is 17.0. The fourth-order valence-corrected chi connectivity index (χ4v) is 3.63. The summed E-state index contributed by atoms with van der Waals surface area (Å²) in [5.41, 5.74) is 2.72. The van der Waals surface area contributed by atoms with Crippen molar-refractivity contribution in [2.75, 3.05) is 25.2 Å². The molecule has 0 aliphatic carbocycles. The Labute approximate surface area is 184 Å². The van der Waals surface area contributed by atoms with Gasteiger partial charge >= 0.3 is 0 Å². The van der Waals surface area contributed by atoms with Gasteiger partial charge < -0.3 is 10.2 Å². The van der Waals surface area contributed by atoms with E-state index >= 15 is 0 Å². The van der Waals surface area contributed by atoms with Crippen LogP contribution in [0.4, 0.5) is 5.69 Å². The van der Waals surface area contributed by atoms with Crippen molar-refractivity contribution < 1.29 is 9.59 Å². The Kier molecular flexibility index (Phi) is 7.07.